The standard InChI is InChI=1S/C17H18N2O2/c1-2-18-14(13-8-4-3-5-9-13)12-19-15-10-6-7-11-16(15)21-17(19)20/h3-11,14,18H,2,12H2,1H3. The van der Waals surface area contributed by atoms with Gasteiger partial charge in [0.25, 0.3) is 0 Å². The van der Waals surface area contributed by atoms with Crippen LogP contribution in [0.4, 0.5) is 0 Å². The zero-order valence-electron chi connectivity index (χ0n) is 12.0. The fourth-order valence-corrected chi connectivity index (χ4v) is 2.59. The minimum atomic E-state index is -0.310. The monoisotopic (exact) mass is 282 g/mol. The number of para-hydroxylation sites is 2. The Balaban J connectivity index is 1.99. The molecule has 0 aliphatic carbocycles. The molecule has 108 valence electrons. The summed E-state index contributed by atoms with van der Waals surface area (Å²) >= 11 is 0. The van der Waals surface area contributed by atoms with Gasteiger partial charge in [0, 0.05) is 6.54 Å². The molecule has 0 aliphatic rings. The molecule has 4 heteroatoms. The van der Waals surface area contributed by atoms with Gasteiger partial charge in [0.05, 0.1) is 11.6 Å². The lowest BCUT2D eigenvalue weighted by molar-refractivity contribution is 0.438. The van der Waals surface area contributed by atoms with Crippen LogP contribution in [0.3, 0.4) is 0 Å². The van der Waals surface area contributed by atoms with E-state index in [4.69, 9.17) is 4.42 Å². The maximum Gasteiger partial charge on any atom is 0.420 e. The zero-order valence-corrected chi connectivity index (χ0v) is 12.0. The predicted molar refractivity (Wildman–Crippen MR) is 83.3 cm³/mol. The van der Waals surface area contributed by atoms with E-state index in [-0.39, 0.29) is 11.8 Å². The number of hydrogen-bond acceptors (Lipinski definition) is 3. The number of benzene rings is 2. The van der Waals surface area contributed by atoms with Crippen LogP contribution < -0.4 is 11.1 Å². The first-order valence-electron chi connectivity index (χ1n) is 7.16. The van der Waals surface area contributed by atoms with E-state index in [1.807, 2.05) is 42.5 Å². The minimum absolute atomic E-state index is 0.0786. The van der Waals surface area contributed by atoms with Gasteiger partial charge < -0.3 is 9.73 Å². The fraction of sp³-hybridized carbons (Fsp3) is 0.235. The Morgan fingerprint density at radius 3 is 2.57 bits per heavy atom. The average Bonchev–Trinajstić information content (AvgIpc) is 2.84. The number of nitrogens with zero attached hydrogens (tertiary/aromatic N) is 1. The number of hydrogen-bond donors (Lipinski definition) is 1. The number of fused-ring (bicyclic) bond motifs is 1. The maximum atomic E-state index is 12.1. The highest BCUT2D eigenvalue weighted by atomic mass is 16.4. The molecule has 0 radical (unpaired) electrons. The van der Waals surface area contributed by atoms with Crippen molar-refractivity contribution in [2.24, 2.45) is 0 Å². The van der Waals surface area contributed by atoms with Crippen LogP contribution in [-0.2, 0) is 6.54 Å². The van der Waals surface area contributed by atoms with Gasteiger partial charge in [-0.1, -0.05) is 49.4 Å². The van der Waals surface area contributed by atoms with E-state index in [1.54, 1.807) is 4.57 Å². The molecule has 3 rings (SSSR count). The van der Waals surface area contributed by atoms with Crippen molar-refractivity contribution in [3.8, 4) is 0 Å². The van der Waals surface area contributed by atoms with Crippen LogP contribution in [-0.4, -0.2) is 11.1 Å². The van der Waals surface area contributed by atoms with Crippen molar-refractivity contribution in [3.05, 3.63) is 70.7 Å². The van der Waals surface area contributed by atoms with E-state index < -0.39 is 0 Å². The summed E-state index contributed by atoms with van der Waals surface area (Å²) in [6.45, 7) is 3.45. The Morgan fingerprint density at radius 2 is 1.81 bits per heavy atom. The van der Waals surface area contributed by atoms with Crippen molar-refractivity contribution < 1.29 is 4.42 Å². The lowest BCUT2D eigenvalue weighted by Gasteiger charge is -2.18. The molecule has 0 saturated heterocycles. The van der Waals surface area contributed by atoms with E-state index in [0.29, 0.717) is 12.1 Å². The number of nitrogens with one attached hydrogen (secondary N) is 1. The van der Waals surface area contributed by atoms with Crippen LogP contribution in [0.2, 0.25) is 0 Å². The van der Waals surface area contributed by atoms with Crippen LogP contribution in [0.1, 0.15) is 18.5 Å². The third kappa shape index (κ3) is 2.76. The summed E-state index contributed by atoms with van der Waals surface area (Å²) in [5.74, 6) is -0.310. The maximum absolute atomic E-state index is 12.1. The molecular formula is C17H18N2O2. The van der Waals surface area contributed by atoms with Gasteiger partial charge in [-0.25, -0.2) is 4.79 Å². The van der Waals surface area contributed by atoms with Gasteiger partial charge in [-0.05, 0) is 24.2 Å². The van der Waals surface area contributed by atoms with E-state index in [9.17, 15) is 4.79 Å². The molecule has 1 aromatic heterocycles. The Morgan fingerprint density at radius 1 is 1.10 bits per heavy atom. The highest BCUT2D eigenvalue weighted by Gasteiger charge is 2.15. The Hall–Kier alpha value is -2.33. The van der Waals surface area contributed by atoms with Crippen LogP contribution in [0.15, 0.2) is 63.8 Å². The van der Waals surface area contributed by atoms with Crippen LogP contribution in [0.25, 0.3) is 11.1 Å². The zero-order chi connectivity index (χ0) is 14.7. The molecule has 0 amide bonds. The summed E-state index contributed by atoms with van der Waals surface area (Å²) in [5, 5.41) is 3.43. The van der Waals surface area contributed by atoms with Crippen LogP contribution in [0.5, 0.6) is 0 Å². The van der Waals surface area contributed by atoms with E-state index >= 15 is 0 Å². The molecule has 4 nitrogen and oxygen atoms in total. The molecule has 21 heavy (non-hydrogen) atoms. The van der Waals surface area contributed by atoms with Gasteiger partial charge in [0.1, 0.15) is 0 Å². The molecular weight excluding hydrogens is 264 g/mol. The van der Waals surface area contributed by atoms with E-state index in [2.05, 4.69) is 24.4 Å². The number of rotatable bonds is 5. The van der Waals surface area contributed by atoms with Gasteiger partial charge >= 0.3 is 5.76 Å². The summed E-state index contributed by atoms with van der Waals surface area (Å²) in [6, 6.07) is 17.7. The Bertz CT molecular complexity index is 774. The number of aromatic nitrogens is 1. The Labute approximate surface area is 123 Å². The van der Waals surface area contributed by atoms with Gasteiger partial charge in [-0.2, -0.15) is 0 Å². The molecule has 1 N–H and O–H groups in total. The van der Waals surface area contributed by atoms with Gasteiger partial charge in [0.15, 0.2) is 5.58 Å². The first-order chi connectivity index (χ1) is 10.3. The van der Waals surface area contributed by atoms with E-state index in [1.165, 1.54) is 0 Å². The largest absolute Gasteiger partial charge is 0.420 e. The molecule has 1 atom stereocenters. The van der Waals surface area contributed by atoms with Gasteiger partial charge in [-0.3, -0.25) is 4.57 Å². The minimum Gasteiger partial charge on any atom is -0.408 e. The highest BCUT2D eigenvalue weighted by Crippen LogP contribution is 2.18. The molecule has 1 heterocycles. The molecule has 2 aromatic carbocycles. The highest BCUT2D eigenvalue weighted by molar-refractivity contribution is 5.72. The predicted octanol–water partition coefficient (Wildman–Crippen LogP) is 2.95. The lowest BCUT2D eigenvalue weighted by atomic mass is 10.1. The summed E-state index contributed by atoms with van der Waals surface area (Å²) in [5.41, 5.74) is 2.63. The summed E-state index contributed by atoms with van der Waals surface area (Å²) in [7, 11) is 0. The fourth-order valence-electron chi connectivity index (χ4n) is 2.59. The van der Waals surface area contributed by atoms with Crippen molar-refractivity contribution in [2.45, 2.75) is 19.5 Å². The lowest BCUT2D eigenvalue weighted by Crippen LogP contribution is -2.28. The van der Waals surface area contributed by atoms with Gasteiger partial charge in [-0.15, -0.1) is 0 Å². The first-order valence-corrected chi connectivity index (χ1v) is 7.16. The second kappa shape index (κ2) is 5.97. The molecule has 0 bridgehead atoms. The van der Waals surface area contributed by atoms with Crippen molar-refractivity contribution >= 4 is 11.1 Å². The van der Waals surface area contributed by atoms with Crippen LogP contribution >= 0.6 is 0 Å². The average molecular weight is 282 g/mol. The van der Waals surface area contributed by atoms with Crippen molar-refractivity contribution in [3.63, 3.8) is 0 Å². The van der Waals surface area contributed by atoms with Crippen LogP contribution in [0, 0.1) is 0 Å². The molecule has 0 aliphatic heterocycles. The summed E-state index contributed by atoms with van der Waals surface area (Å²) < 4.78 is 6.98. The topological polar surface area (TPSA) is 47.2 Å². The van der Waals surface area contributed by atoms with Crippen molar-refractivity contribution in [1.82, 2.24) is 9.88 Å². The molecule has 0 saturated carbocycles. The SMILES string of the molecule is CCNC(Cn1c(=O)oc2ccccc21)c1ccccc1. The van der Waals surface area contributed by atoms with E-state index in [0.717, 1.165) is 17.6 Å². The van der Waals surface area contributed by atoms with Crippen molar-refractivity contribution in [1.29, 1.82) is 0 Å². The quantitative estimate of drug-likeness (QED) is 0.782. The summed E-state index contributed by atoms with van der Waals surface area (Å²) in [6.07, 6.45) is 0. The molecule has 0 spiro atoms. The third-order valence-electron chi connectivity index (χ3n) is 3.59. The smallest absolute Gasteiger partial charge is 0.408 e. The second-order valence-electron chi connectivity index (χ2n) is 4.97. The van der Waals surface area contributed by atoms with Crippen molar-refractivity contribution in [2.75, 3.05) is 6.54 Å². The molecule has 1 unspecified atom stereocenters. The number of likely N-dealkylation sites (N-methyl/N-ethyl adjacent to an activating group) is 1. The molecule has 0 fully saturated rings. The normalized spacial score (nSPS) is 12.6. The number of oxazole rings is 1. The Kier molecular flexibility index (Phi) is 3.88. The first kappa shape index (κ1) is 13.6. The molecule has 3 aromatic rings. The second-order valence-corrected chi connectivity index (χ2v) is 4.97. The third-order valence-corrected chi connectivity index (χ3v) is 3.59. The van der Waals surface area contributed by atoms with Gasteiger partial charge in [0.2, 0.25) is 0 Å². The summed E-state index contributed by atoms with van der Waals surface area (Å²) in [4.78, 5) is 12.1.